The molecule has 23 heavy (non-hydrogen) atoms. The maximum absolute atomic E-state index is 10.2. The molecule has 1 unspecified atom stereocenters. The Morgan fingerprint density at radius 1 is 0.870 bits per heavy atom. The Labute approximate surface area is 144 Å². The zero-order valence-electron chi connectivity index (χ0n) is 15.5. The van der Waals surface area contributed by atoms with Gasteiger partial charge in [0.25, 0.3) is 0 Å². The first kappa shape index (κ1) is 20.9. The molecule has 0 spiro atoms. The second-order valence-corrected chi connectivity index (χ2v) is 7.55. The van der Waals surface area contributed by atoms with E-state index in [9.17, 15) is 5.11 Å². The van der Waals surface area contributed by atoms with Crippen LogP contribution in [0.1, 0.15) is 90.4 Å². The molecule has 3 nitrogen and oxygen atoms in total. The van der Waals surface area contributed by atoms with E-state index in [-0.39, 0.29) is 6.10 Å². The van der Waals surface area contributed by atoms with E-state index in [2.05, 4.69) is 11.8 Å². The van der Waals surface area contributed by atoms with Crippen molar-refractivity contribution >= 4 is 0 Å². The van der Waals surface area contributed by atoms with Gasteiger partial charge in [0, 0.05) is 13.2 Å². The number of aliphatic hydroxyl groups is 2. The highest BCUT2D eigenvalue weighted by Gasteiger charge is 2.20. The number of piperidine rings is 1. The molecule has 0 amide bonds. The van der Waals surface area contributed by atoms with Crippen LogP contribution in [0, 0.1) is 5.92 Å². The van der Waals surface area contributed by atoms with Gasteiger partial charge in [0.15, 0.2) is 0 Å². The van der Waals surface area contributed by atoms with Crippen LogP contribution >= 0.6 is 0 Å². The predicted octanol–water partition coefficient (Wildman–Crippen LogP) is 4.36. The first-order valence-electron chi connectivity index (χ1n) is 10.3. The number of hydrogen-bond acceptors (Lipinski definition) is 3. The van der Waals surface area contributed by atoms with Gasteiger partial charge in [-0.15, -0.1) is 0 Å². The molecular weight excluding hydrogens is 286 g/mol. The first-order valence-corrected chi connectivity index (χ1v) is 10.3. The molecule has 1 rings (SSSR count). The lowest BCUT2D eigenvalue weighted by Crippen LogP contribution is -2.39. The van der Waals surface area contributed by atoms with Crippen LogP contribution in [-0.2, 0) is 0 Å². The topological polar surface area (TPSA) is 43.7 Å². The third kappa shape index (κ3) is 11.1. The number of aliphatic hydroxyl groups excluding tert-OH is 2. The van der Waals surface area contributed by atoms with Gasteiger partial charge < -0.3 is 15.1 Å². The summed E-state index contributed by atoms with van der Waals surface area (Å²) in [6.07, 6.45) is 16.5. The Hall–Kier alpha value is -0.120. The fourth-order valence-electron chi connectivity index (χ4n) is 3.61. The van der Waals surface area contributed by atoms with Crippen LogP contribution < -0.4 is 0 Å². The highest BCUT2D eigenvalue weighted by molar-refractivity contribution is 4.74. The van der Waals surface area contributed by atoms with E-state index in [4.69, 9.17) is 5.11 Å². The quantitative estimate of drug-likeness (QED) is 0.466. The van der Waals surface area contributed by atoms with Gasteiger partial charge in [0.05, 0.1) is 6.10 Å². The first-order chi connectivity index (χ1) is 11.3. The standard InChI is InChI=1S/C20H41NO2/c1-2-3-4-5-6-7-8-9-10-11-12-20(23)17-21-15-13-19(18-22)14-16-21/h19-20,22-23H,2-18H2,1H3. The highest BCUT2D eigenvalue weighted by Crippen LogP contribution is 2.17. The van der Waals surface area contributed by atoms with Crippen molar-refractivity contribution in [2.45, 2.75) is 96.5 Å². The van der Waals surface area contributed by atoms with Crippen LogP contribution in [0.2, 0.25) is 0 Å². The van der Waals surface area contributed by atoms with Crippen LogP contribution in [0.25, 0.3) is 0 Å². The Bertz CT molecular complexity index is 252. The zero-order valence-corrected chi connectivity index (χ0v) is 15.5. The van der Waals surface area contributed by atoms with E-state index >= 15 is 0 Å². The van der Waals surface area contributed by atoms with Crippen LogP contribution in [0.15, 0.2) is 0 Å². The zero-order chi connectivity index (χ0) is 16.8. The summed E-state index contributed by atoms with van der Waals surface area (Å²) in [5, 5.41) is 19.3. The third-order valence-corrected chi connectivity index (χ3v) is 5.33. The minimum atomic E-state index is -0.158. The maximum Gasteiger partial charge on any atom is 0.0667 e. The maximum atomic E-state index is 10.2. The molecule has 138 valence electrons. The molecule has 1 fully saturated rings. The van der Waals surface area contributed by atoms with E-state index < -0.39 is 0 Å². The largest absolute Gasteiger partial charge is 0.396 e. The van der Waals surface area contributed by atoms with E-state index in [0.29, 0.717) is 12.5 Å². The summed E-state index contributed by atoms with van der Waals surface area (Å²) >= 11 is 0. The fraction of sp³-hybridized carbons (Fsp3) is 1.00. The van der Waals surface area contributed by atoms with Gasteiger partial charge in [0.1, 0.15) is 0 Å². The van der Waals surface area contributed by atoms with Crippen LogP contribution in [0.4, 0.5) is 0 Å². The van der Waals surface area contributed by atoms with Gasteiger partial charge in [0.2, 0.25) is 0 Å². The van der Waals surface area contributed by atoms with Gasteiger partial charge in [-0.25, -0.2) is 0 Å². The smallest absolute Gasteiger partial charge is 0.0667 e. The van der Waals surface area contributed by atoms with Crippen molar-refractivity contribution in [3.8, 4) is 0 Å². The second-order valence-electron chi connectivity index (χ2n) is 7.55. The Kier molecular flexibility index (Phi) is 13.0. The molecule has 1 aliphatic rings. The van der Waals surface area contributed by atoms with Crippen molar-refractivity contribution in [1.29, 1.82) is 0 Å². The number of unbranched alkanes of at least 4 members (excludes halogenated alkanes) is 9. The number of rotatable bonds is 14. The van der Waals surface area contributed by atoms with Crippen LogP contribution in [0.5, 0.6) is 0 Å². The number of nitrogens with zero attached hydrogens (tertiary/aromatic N) is 1. The van der Waals surface area contributed by atoms with Crippen LogP contribution in [0.3, 0.4) is 0 Å². The summed E-state index contributed by atoms with van der Waals surface area (Å²) in [4.78, 5) is 2.37. The monoisotopic (exact) mass is 327 g/mol. The summed E-state index contributed by atoms with van der Waals surface area (Å²) in [7, 11) is 0. The molecule has 0 saturated carbocycles. The van der Waals surface area contributed by atoms with E-state index in [1.165, 1.54) is 64.2 Å². The average Bonchev–Trinajstić information content (AvgIpc) is 2.57. The summed E-state index contributed by atoms with van der Waals surface area (Å²) in [5.74, 6) is 0.491. The normalized spacial score (nSPS) is 18.4. The summed E-state index contributed by atoms with van der Waals surface area (Å²) < 4.78 is 0. The summed E-state index contributed by atoms with van der Waals surface area (Å²) in [6, 6.07) is 0. The molecule has 0 aromatic rings. The lowest BCUT2D eigenvalue weighted by Gasteiger charge is -2.32. The number of β-amino-alcohol motifs (C(OH)–C–C–N with tert-alkyl or cyclic N) is 1. The molecule has 0 aromatic heterocycles. The average molecular weight is 328 g/mol. The molecule has 1 atom stereocenters. The minimum absolute atomic E-state index is 0.158. The van der Waals surface area contributed by atoms with E-state index in [1.807, 2.05) is 0 Å². The Morgan fingerprint density at radius 3 is 1.91 bits per heavy atom. The molecular formula is C20H41NO2. The van der Waals surface area contributed by atoms with Gasteiger partial charge >= 0.3 is 0 Å². The van der Waals surface area contributed by atoms with Gasteiger partial charge in [-0.2, -0.15) is 0 Å². The predicted molar refractivity (Wildman–Crippen MR) is 98.7 cm³/mol. The molecule has 3 heteroatoms. The molecule has 0 bridgehead atoms. The van der Waals surface area contributed by atoms with Crippen molar-refractivity contribution in [1.82, 2.24) is 4.90 Å². The van der Waals surface area contributed by atoms with Crippen molar-refractivity contribution in [3.63, 3.8) is 0 Å². The van der Waals surface area contributed by atoms with Crippen molar-refractivity contribution in [2.75, 3.05) is 26.2 Å². The molecule has 1 aliphatic heterocycles. The molecule has 1 saturated heterocycles. The molecule has 0 radical (unpaired) electrons. The van der Waals surface area contributed by atoms with Gasteiger partial charge in [-0.05, 0) is 38.3 Å². The van der Waals surface area contributed by atoms with E-state index in [0.717, 1.165) is 38.9 Å². The summed E-state index contributed by atoms with van der Waals surface area (Å²) in [6.45, 7) is 5.51. The summed E-state index contributed by atoms with van der Waals surface area (Å²) in [5.41, 5.74) is 0. The van der Waals surface area contributed by atoms with Gasteiger partial charge in [-0.1, -0.05) is 71.1 Å². The van der Waals surface area contributed by atoms with Crippen LogP contribution in [-0.4, -0.2) is 47.5 Å². The minimum Gasteiger partial charge on any atom is -0.396 e. The SMILES string of the molecule is CCCCCCCCCCCCC(O)CN1CCC(CO)CC1. The molecule has 1 heterocycles. The van der Waals surface area contributed by atoms with E-state index in [1.54, 1.807) is 0 Å². The Morgan fingerprint density at radius 2 is 1.39 bits per heavy atom. The van der Waals surface area contributed by atoms with Crippen molar-refractivity contribution in [2.24, 2.45) is 5.92 Å². The van der Waals surface area contributed by atoms with Crippen molar-refractivity contribution in [3.05, 3.63) is 0 Å². The molecule has 2 N–H and O–H groups in total. The third-order valence-electron chi connectivity index (χ3n) is 5.33. The second kappa shape index (κ2) is 14.2. The lowest BCUT2D eigenvalue weighted by molar-refractivity contribution is 0.0709. The fourth-order valence-corrected chi connectivity index (χ4v) is 3.61. The number of likely N-dealkylation sites (tertiary alicyclic amines) is 1. The molecule has 0 aromatic carbocycles. The van der Waals surface area contributed by atoms with Crippen molar-refractivity contribution < 1.29 is 10.2 Å². The number of hydrogen-bond donors (Lipinski definition) is 2. The highest BCUT2D eigenvalue weighted by atomic mass is 16.3. The lowest BCUT2D eigenvalue weighted by atomic mass is 9.97. The molecule has 0 aliphatic carbocycles. The Balaban J connectivity index is 1.86. The van der Waals surface area contributed by atoms with Gasteiger partial charge in [-0.3, -0.25) is 0 Å².